The second-order valence-corrected chi connectivity index (χ2v) is 9.40. The molecule has 1 amide bonds. The van der Waals surface area contributed by atoms with Crippen LogP contribution < -0.4 is 10.1 Å². The van der Waals surface area contributed by atoms with Crippen molar-refractivity contribution in [3.63, 3.8) is 0 Å². The normalized spacial score (nSPS) is 18.1. The van der Waals surface area contributed by atoms with Gasteiger partial charge in [-0.15, -0.1) is 0 Å². The maximum Gasteiger partial charge on any atom is 0.404 e. The molecule has 0 aromatic heterocycles. The maximum atomic E-state index is 13.3. The number of hydrogen-bond donors (Lipinski definition) is 3. The average molecular weight is 481 g/mol. The fraction of sp³-hybridized carbons (Fsp3) is 0.409. The Morgan fingerprint density at radius 2 is 1.91 bits per heavy atom. The molecule has 3 atom stereocenters. The van der Waals surface area contributed by atoms with Crippen LogP contribution >= 0.6 is 0 Å². The van der Waals surface area contributed by atoms with E-state index in [1.807, 2.05) is 6.07 Å². The number of carbonyl (C=O) groups is 1. The average Bonchev–Trinajstić information content (AvgIpc) is 3.32. The Morgan fingerprint density at radius 1 is 1.21 bits per heavy atom. The molecule has 1 heterocycles. The van der Waals surface area contributed by atoms with Gasteiger partial charge < -0.3 is 25.0 Å². The second-order valence-electron chi connectivity index (χ2n) is 7.57. The highest BCUT2D eigenvalue weighted by molar-refractivity contribution is 7.89. The molecule has 1 aliphatic rings. The van der Waals surface area contributed by atoms with Gasteiger partial charge in [0.2, 0.25) is 0 Å². The first kappa shape index (κ1) is 24.9. The van der Waals surface area contributed by atoms with E-state index in [0.29, 0.717) is 18.8 Å². The molecule has 3 N–H and O–H groups in total. The number of aliphatic hydroxyl groups excluding tert-OH is 1. The van der Waals surface area contributed by atoms with Crippen molar-refractivity contribution in [1.29, 1.82) is 0 Å². The summed E-state index contributed by atoms with van der Waals surface area (Å²) in [6.07, 6.45) is -2.57. The van der Waals surface area contributed by atoms with Crippen LogP contribution in [0.4, 0.5) is 4.79 Å². The molecule has 0 aliphatic carbocycles. The van der Waals surface area contributed by atoms with Gasteiger partial charge in [0.05, 0.1) is 37.3 Å². The quantitative estimate of drug-likeness (QED) is 0.413. The summed E-state index contributed by atoms with van der Waals surface area (Å²) in [6.45, 7) is 0.162. The first-order chi connectivity index (χ1) is 15.8. The molecule has 1 aliphatic heterocycles. The second kappa shape index (κ2) is 11.4. The predicted molar refractivity (Wildman–Crippen MR) is 118 cm³/mol. The van der Waals surface area contributed by atoms with Crippen LogP contribution in [-0.4, -0.2) is 74.3 Å². The number of amides is 1. The molecular weight excluding hydrogens is 452 g/mol. The van der Waals surface area contributed by atoms with Gasteiger partial charge in [-0.1, -0.05) is 34.8 Å². The molecule has 1 saturated heterocycles. The van der Waals surface area contributed by atoms with Crippen molar-refractivity contribution in [2.45, 2.75) is 36.0 Å². The molecular formula is C22H28N2O8S. The van der Waals surface area contributed by atoms with Crippen LogP contribution in [0.3, 0.4) is 0 Å². The number of sulfonamides is 1. The number of aliphatic hydroxyl groups is 1. The van der Waals surface area contributed by atoms with Crippen molar-refractivity contribution >= 4 is 16.1 Å². The van der Waals surface area contributed by atoms with Gasteiger partial charge in [0.15, 0.2) is 0 Å². The number of rotatable bonds is 11. The summed E-state index contributed by atoms with van der Waals surface area (Å²) >= 11 is 0. The number of hydrogen-bond acceptors (Lipinski definition) is 7. The third kappa shape index (κ3) is 6.89. The SMILES string of the molecule is COc1ccc(S(=O)(=O)N(C[C@@H](O)[C@H](Cc2ccccc2)NC(=O)O)OC2CCOC2)cc1. The number of nitrogens with one attached hydrogen (secondary N) is 1. The smallest absolute Gasteiger partial charge is 0.404 e. The minimum absolute atomic E-state index is 0.0554. The Kier molecular flexibility index (Phi) is 8.64. The van der Waals surface area contributed by atoms with Crippen LogP contribution in [0.5, 0.6) is 5.75 Å². The highest BCUT2D eigenvalue weighted by atomic mass is 32.2. The van der Waals surface area contributed by atoms with Gasteiger partial charge in [-0.05, 0) is 36.2 Å². The molecule has 0 bridgehead atoms. The van der Waals surface area contributed by atoms with Crippen LogP contribution in [0.15, 0.2) is 59.5 Å². The molecule has 0 saturated carbocycles. The largest absolute Gasteiger partial charge is 0.497 e. The Balaban J connectivity index is 1.84. The van der Waals surface area contributed by atoms with Gasteiger partial charge >= 0.3 is 6.09 Å². The molecule has 11 heteroatoms. The lowest BCUT2D eigenvalue weighted by Crippen LogP contribution is -2.50. The van der Waals surface area contributed by atoms with Gasteiger partial charge in [0.25, 0.3) is 10.0 Å². The van der Waals surface area contributed by atoms with E-state index in [2.05, 4.69) is 5.32 Å². The Morgan fingerprint density at radius 3 is 2.48 bits per heavy atom. The molecule has 10 nitrogen and oxygen atoms in total. The minimum Gasteiger partial charge on any atom is -0.497 e. The van der Waals surface area contributed by atoms with Crippen molar-refractivity contribution in [2.24, 2.45) is 0 Å². The number of ether oxygens (including phenoxy) is 2. The van der Waals surface area contributed by atoms with E-state index in [1.165, 1.54) is 31.4 Å². The van der Waals surface area contributed by atoms with Crippen LogP contribution in [0.2, 0.25) is 0 Å². The summed E-state index contributed by atoms with van der Waals surface area (Å²) in [5.74, 6) is 0.485. The van der Waals surface area contributed by atoms with Crippen molar-refractivity contribution < 1.29 is 37.7 Å². The van der Waals surface area contributed by atoms with E-state index in [9.17, 15) is 23.4 Å². The van der Waals surface area contributed by atoms with Gasteiger partial charge in [-0.25, -0.2) is 13.2 Å². The number of carboxylic acid groups (broad SMARTS) is 1. The molecule has 0 spiro atoms. The highest BCUT2D eigenvalue weighted by Gasteiger charge is 2.34. The molecule has 1 fully saturated rings. The zero-order chi connectivity index (χ0) is 23.8. The summed E-state index contributed by atoms with van der Waals surface area (Å²) in [5, 5.41) is 22.4. The minimum atomic E-state index is -4.18. The predicted octanol–water partition coefficient (Wildman–Crippen LogP) is 1.65. The Bertz CT molecular complexity index is 995. The van der Waals surface area contributed by atoms with E-state index in [-0.39, 0.29) is 17.9 Å². The van der Waals surface area contributed by atoms with Gasteiger partial charge in [0, 0.05) is 13.0 Å². The van der Waals surface area contributed by atoms with Crippen LogP contribution in [0.1, 0.15) is 12.0 Å². The van der Waals surface area contributed by atoms with E-state index in [1.54, 1.807) is 24.3 Å². The summed E-state index contributed by atoms with van der Waals surface area (Å²) in [7, 11) is -2.71. The van der Waals surface area contributed by atoms with Crippen molar-refractivity contribution in [1.82, 2.24) is 9.79 Å². The zero-order valence-electron chi connectivity index (χ0n) is 18.2. The van der Waals surface area contributed by atoms with E-state index >= 15 is 0 Å². The lowest BCUT2D eigenvalue weighted by molar-refractivity contribution is -0.146. The molecule has 0 radical (unpaired) electrons. The summed E-state index contributed by atoms with van der Waals surface area (Å²) in [6, 6.07) is 13.8. The summed E-state index contributed by atoms with van der Waals surface area (Å²) in [4.78, 5) is 17.0. The van der Waals surface area contributed by atoms with Crippen LogP contribution in [0.25, 0.3) is 0 Å². The number of methoxy groups -OCH3 is 1. The third-order valence-corrected chi connectivity index (χ3v) is 6.83. The number of hydroxylamine groups is 1. The molecule has 180 valence electrons. The zero-order valence-corrected chi connectivity index (χ0v) is 19.0. The molecule has 33 heavy (non-hydrogen) atoms. The summed E-state index contributed by atoms with van der Waals surface area (Å²) in [5.41, 5.74) is 0.782. The van der Waals surface area contributed by atoms with E-state index in [0.717, 1.165) is 10.0 Å². The number of nitrogens with zero attached hydrogens (tertiary/aromatic N) is 1. The topological polar surface area (TPSA) is 135 Å². The number of benzene rings is 2. The van der Waals surface area contributed by atoms with Gasteiger partial charge in [-0.3, -0.25) is 4.84 Å². The molecule has 3 rings (SSSR count). The highest BCUT2D eigenvalue weighted by Crippen LogP contribution is 2.23. The fourth-order valence-corrected chi connectivity index (χ4v) is 4.71. The van der Waals surface area contributed by atoms with E-state index in [4.69, 9.17) is 14.3 Å². The third-order valence-electron chi connectivity index (χ3n) is 5.19. The van der Waals surface area contributed by atoms with Gasteiger partial charge in [0.1, 0.15) is 11.9 Å². The first-order valence-corrected chi connectivity index (χ1v) is 11.9. The molecule has 1 unspecified atom stereocenters. The Hall–Kier alpha value is -2.70. The van der Waals surface area contributed by atoms with Crippen LogP contribution in [0, 0.1) is 0 Å². The monoisotopic (exact) mass is 480 g/mol. The van der Waals surface area contributed by atoms with Crippen molar-refractivity contribution in [3.8, 4) is 5.75 Å². The van der Waals surface area contributed by atoms with E-state index < -0.39 is 40.9 Å². The van der Waals surface area contributed by atoms with Crippen LogP contribution in [-0.2, 0) is 26.0 Å². The Labute approximate surface area is 192 Å². The van der Waals surface area contributed by atoms with Gasteiger partial charge in [-0.2, -0.15) is 0 Å². The van der Waals surface area contributed by atoms with Crippen molar-refractivity contribution in [2.75, 3.05) is 26.9 Å². The standard InChI is InChI=1S/C22H28N2O8S/c1-30-17-7-9-19(10-8-17)33(28,29)24(32-18-11-12-31-15-18)14-21(25)20(23-22(26)27)13-16-5-3-2-4-6-16/h2-10,18,20-21,23,25H,11-15H2,1H3,(H,26,27)/t18?,20-,21+/m0/s1. The lowest BCUT2D eigenvalue weighted by atomic mass is 10.0. The lowest BCUT2D eigenvalue weighted by Gasteiger charge is -2.30. The molecule has 2 aromatic carbocycles. The molecule has 2 aromatic rings. The first-order valence-electron chi connectivity index (χ1n) is 10.4. The summed E-state index contributed by atoms with van der Waals surface area (Å²) < 4.78 is 37.7. The maximum absolute atomic E-state index is 13.3. The fourth-order valence-electron chi connectivity index (χ4n) is 3.42. The van der Waals surface area contributed by atoms with Crippen molar-refractivity contribution in [3.05, 3.63) is 60.2 Å².